The molecule has 0 amide bonds. The van der Waals surface area contributed by atoms with Crippen LogP contribution in [-0.2, 0) is 6.42 Å². The van der Waals surface area contributed by atoms with Crippen LogP contribution in [0, 0.1) is 13.8 Å². The fourth-order valence-corrected chi connectivity index (χ4v) is 2.40. The Labute approximate surface area is 124 Å². The van der Waals surface area contributed by atoms with Gasteiger partial charge < -0.3 is 5.11 Å². The third kappa shape index (κ3) is 3.37. The van der Waals surface area contributed by atoms with Gasteiger partial charge in [-0.3, -0.25) is 4.79 Å². The van der Waals surface area contributed by atoms with Crippen LogP contribution < -0.4 is 0 Å². The maximum Gasteiger partial charge on any atom is 0.335 e. The fraction of sp³-hybridized carbons (Fsp3) is 0.222. The van der Waals surface area contributed by atoms with Crippen molar-refractivity contribution in [3.8, 4) is 0 Å². The molecule has 0 unspecified atom stereocenters. The third-order valence-electron chi connectivity index (χ3n) is 3.62. The van der Waals surface area contributed by atoms with E-state index in [4.69, 9.17) is 5.11 Å². The first kappa shape index (κ1) is 15.0. The van der Waals surface area contributed by atoms with Crippen molar-refractivity contribution >= 4 is 11.8 Å². The van der Waals surface area contributed by atoms with Gasteiger partial charge in [-0.1, -0.05) is 24.3 Å². The summed E-state index contributed by atoms with van der Waals surface area (Å²) in [6.07, 6.45) is 0.612. The van der Waals surface area contributed by atoms with E-state index in [1.807, 2.05) is 37.3 Å². The predicted octanol–water partition coefficient (Wildman–Crippen LogP) is 3.80. The van der Waals surface area contributed by atoms with Gasteiger partial charge in [-0.05, 0) is 61.6 Å². The topological polar surface area (TPSA) is 54.4 Å². The van der Waals surface area contributed by atoms with Crippen molar-refractivity contribution in [2.75, 3.05) is 0 Å². The molecule has 1 N–H and O–H groups in total. The number of carbonyl (C=O) groups excluding carboxylic acids is 1. The predicted molar refractivity (Wildman–Crippen MR) is 82.1 cm³/mol. The zero-order chi connectivity index (χ0) is 15.6. The average Bonchev–Trinajstić information content (AvgIpc) is 2.42. The molecule has 0 fully saturated rings. The quantitative estimate of drug-likeness (QED) is 0.868. The minimum atomic E-state index is -0.914. The monoisotopic (exact) mass is 282 g/mol. The second-order valence-corrected chi connectivity index (χ2v) is 5.34. The van der Waals surface area contributed by atoms with E-state index in [2.05, 4.69) is 0 Å². The Morgan fingerprint density at radius 3 is 1.86 bits per heavy atom. The zero-order valence-electron chi connectivity index (χ0n) is 12.4. The zero-order valence-corrected chi connectivity index (χ0v) is 12.4. The number of carboxylic acids is 1. The standard InChI is InChI=1S/C18H18O3/c1-11-4-6-14(9-16(11)13(3)19)8-15-7-5-12(2)17(10-15)18(20)21/h4-7,9-10H,8H2,1-3H3,(H,20,21). The highest BCUT2D eigenvalue weighted by atomic mass is 16.4. The van der Waals surface area contributed by atoms with Crippen LogP contribution in [0.4, 0.5) is 0 Å². The number of aromatic carboxylic acids is 1. The smallest absolute Gasteiger partial charge is 0.335 e. The molecule has 2 aromatic rings. The molecule has 0 aliphatic heterocycles. The number of benzene rings is 2. The largest absolute Gasteiger partial charge is 0.478 e. The van der Waals surface area contributed by atoms with Crippen molar-refractivity contribution in [3.05, 3.63) is 69.8 Å². The molecule has 2 aromatic carbocycles. The molecule has 0 aliphatic rings. The maximum atomic E-state index is 11.6. The molecule has 0 spiro atoms. The molecular weight excluding hydrogens is 264 g/mol. The molecule has 0 bridgehead atoms. The molecule has 0 atom stereocenters. The minimum absolute atomic E-state index is 0.0458. The summed E-state index contributed by atoms with van der Waals surface area (Å²) < 4.78 is 0. The number of carbonyl (C=O) groups is 2. The molecule has 108 valence electrons. The van der Waals surface area contributed by atoms with Crippen molar-refractivity contribution in [1.29, 1.82) is 0 Å². The summed E-state index contributed by atoms with van der Waals surface area (Å²) in [4.78, 5) is 22.8. The van der Waals surface area contributed by atoms with Gasteiger partial charge in [0.2, 0.25) is 0 Å². The van der Waals surface area contributed by atoms with E-state index in [1.165, 1.54) is 0 Å². The van der Waals surface area contributed by atoms with E-state index in [-0.39, 0.29) is 5.78 Å². The van der Waals surface area contributed by atoms with Crippen LogP contribution in [0.2, 0.25) is 0 Å². The Kier molecular flexibility index (Phi) is 4.22. The van der Waals surface area contributed by atoms with Gasteiger partial charge in [0.1, 0.15) is 0 Å². The summed E-state index contributed by atoms with van der Waals surface area (Å²) in [5, 5.41) is 9.16. The maximum absolute atomic E-state index is 11.6. The second kappa shape index (κ2) is 5.92. The van der Waals surface area contributed by atoms with Gasteiger partial charge in [0.05, 0.1) is 5.56 Å². The first-order valence-electron chi connectivity index (χ1n) is 6.82. The number of ketones is 1. The molecule has 0 aliphatic carbocycles. The molecule has 0 radical (unpaired) electrons. The van der Waals surface area contributed by atoms with Crippen LogP contribution in [0.25, 0.3) is 0 Å². The lowest BCUT2D eigenvalue weighted by molar-refractivity contribution is 0.0695. The molecule has 3 heteroatoms. The molecule has 3 nitrogen and oxygen atoms in total. The Morgan fingerprint density at radius 2 is 1.38 bits per heavy atom. The van der Waals surface area contributed by atoms with Gasteiger partial charge in [-0.2, -0.15) is 0 Å². The number of hydrogen-bond donors (Lipinski definition) is 1. The highest BCUT2D eigenvalue weighted by Crippen LogP contribution is 2.18. The van der Waals surface area contributed by atoms with E-state index in [0.717, 1.165) is 27.8 Å². The molecule has 0 aromatic heterocycles. The van der Waals surface area contributed by atoms with Crippen LogP contribution in [-0.4, -0.2) is 16.9 Å². The summed E-state index contributed by atoms with van der Waals surface area (Å²) in [5.41, 5.74) is 4.69. The molecule has 0 heterocycles. The van der Waals surface area contributed by atoms with Crippen LogP contribution >= 0.6 is 0 Å². The minimum Gasteiger partial charge on any atom is -0.478 e. The van der Waals surface area contributed by atoms with Gasteiger partial charge in [0, 0.05) is 5.56 Å². The van der Waals surface area contributed by atoms with E-state index >= 15 is 0 Å². The summed E-state index contributed by atoms with van der Waals surface area (Å²) >= 11 is 0. The number of aryl methyl sites for hydroxylation is 2. The summed E-state index contributed by atoms with van der Waals surface area (Å²) in [7, 11) is 0. The Morgan fingerprint density at radius 1 is 0.905 bits per heavy atom. The van der Waals surface area contributed by atoms with Crippen molar-refractivity contribution in [3.63, 3.8) is 0 Å². The van der Waals surface area contributed by atoms with Gasteiger partial charge in [-0.15, -0.1) is 0 Å². The third-order valence-corrected chi connectivity index (χ3v) is 3.62. The molecular formula is C18H18O3. The van der Waals surface area contributed by atoms with Gasteiger partial charge >= 0.3 is 5.97 Å². The van der Waals surface area contributed by atoms with Crippen molar-refractivity contribution in [2.24, 2.45) is 0 Å². The number of Topliss-reactive ketones (excluding diaryl/α,β-unsaturated/α-hetero) is 1. The fourth-order valence-electron chi connectivity index (χ4n) is 2.40. The van der Waals surface area contributed by atoms with Crippen LogP contribution in [0.15, 0.2) is 36.4 Å². The van der Waals surface area contributed by atoms with Gasteiger partial charge in [0.25, 0.3) is 0 Å². The van der Waals surface area contributed by atoms with E-state index < -0.39 is 5.97 Å². The van der Waals surface area contributed by atoms with E-state index in [9.17, 15) is 9.59 Å². The van der Waals surface area contributed by atoms with Gasteiger partial charge in [0.15, 0.2) is 5.78 Å². The van der Waals surface area contributed by atoms with Crippen LogP contribution in [0.3, 0.4) is 0 Å². The summed E-state index contributed by atoms with van der Waals surface area (Å²) in [5.74, 6) is -0.868. The molecule has 21 heavy (non-hydrogen) atoms. The number of hydrogen-bond acceptors (Lipinski definition) is 2. The van der Waals surface area contributed by atoms with Gasteiger partial charge in [-0.25, -0.2) is 4.79 Å². The van der Waals surface area contributed by atoms with Crippen LogP contribution in [0.1, 0.15) is 49.9 Å². The number of rotatable bonds is 4. The number of carboxylic acid groups (broad SMARTS) is 1. The SMILES string of the molecule is CC(=O)c1cc(Cc2ccc(C)c(C(=O)O)c2)ccc1C. The van der Waals surface area contributed by atoms with Crippen molar-refractivity contribution in [2.45, 2.75) is 27.2 Å². The normalized spacial score (nSPS) is 10.4. The lowest BCUT2D eigenvalue weighted by Crippen LogP contribution is -2.02. The van der Waals surface area contributed by atoms with E-state index in [0.29, 0.717) is 12.0 Å². The average molecular weight is 282 g/mol. The van der Waals surface area contributed by atoms with Crippen molar-refractivity contribution < 1.29 is 14.7 Å². The lowest BCUT2D eigenvalue weighted by Gasteiger charge is -2.08. The lowest BCUT2D eigenvalue weighted by atomic mass is 9.96. The summed E-state index contributed by atoms with van der Waals surface area (Å²) in [6, 6.07) is 11.2. The van der Waals surface area contributed by atoms with Crippen molar-refractivity contribution in [1.82, 2.24) is 0 Å². The summed E-state index contributed by atoms with van der Waals surface area (Å²) in [6.45, 7) is 5.25. The first-order chi connectivity index (χ1) is 9.88. The second-order valence-electron chi connectivity index (χ2n) is 5.34. The Balaban J connectivity index is 2.34. The highest BCUT2D eigenvalue weighted by Gasteiger charge is 2.09. The molecule has 0 saturated heterocycles. The van der Waals surface area contributed by atoms with E-state index in [1.54, 1.807) is 19.9 Å². The first-order valence-corrected chi connectivity index (χ1v) is 6.82. The highest BCUT2D eigenvalue weighted by molar-refractivity contribution is 5.95. The van der Waals surface area contributed by atoms with Crippen LogP contribution in [0.5, 0.6) is 0 Å². The molecule has 0 saturated carbocycles. The Bertz CT molecular complexity index is 653. The molecule has 2 rings (SSSR count). The Hall–Kier alpha value is -2.42.